The summed E-state index contributed by atoms with van der Waals surface area (Å²) in [5.41, 5.74) is 1.90. The zero-order valence-corrected chi connectivity index (χ0v) is 8.60. The SMILES string of the molecule is Cn1c(CCl)cc2c(Cl)ccnc21. The van der Waals surface area contributed by atoms with E-state index in [-0.39, 0.29) is 0 Å². The van der Waals surface area contributed by atoms with Crippen LogP contribution >= 0.6 is 23.2 Å². The number of pyridine rings is 1. The van der Waals surface area contributed by atoms with Gasteiger partial charge in [-0.3, -0.25) is 0 Å². The molecule has 0 N–H and O–H groups in total. The average molecular weight is 215 g/mol. The monoisotopic (exact) mass is 214 g/mol. The first-order valence-electron chi connectivity index (χ1n) is 3.89. The van der Waals surface area contributed by atoms with Crippen molar-refractivity contribution in [3.63, 3.8) is 0 Å². The summed E-state index contributed by atoms with van der Waals surface area (Å²) in [6.07, 6.45) is 1.70. The van der Waals surface area contributed by atoms with Gasteiger partial charge >= 0.3 is 0 Å². The standard InChI is InChI=1S/C9H8Cl2N2/c1-13-6(5-10)4-7-8(11)2-3-12-9(7)13/h2-4H,5H2,1H3. The molecule has 0 atom stereocenters. The summed E-state index contributed by atoms with van der Waals surface area (Å²) in [6, 6.07) is 3.75. The number of hydrogen-bond donors (Lipinski definition) is 0. The molecule has 2 nitrogen and oxygen atoms in total. The number of aryl methyl sites for hydroxylation is 1. The van der Waals surface area contributed by atoms with Gasteiger partial charge < -0.3 is 4.57 Å². The molecule has 0 amide bonds. The van der Waals surface area contributed by atoms with Crippen LogP contribution in [0.1, 0.15) is 5.69 Å². The van der Waals surface area contributed by atoms with Gasteiger partial charge in [-0.2, -0.15) is 0 Å². The molecular formula is C9H8Cl2N2. The van der Waals surface area contributed by atoms with Gasteiger partial charge in [0.15, 0.2) is 0 Å². The Balaban J connectivity index is 2.83. The van der Waals surface area contributed by atoms with E-state index in [4.69, 9.17) is 23.2 Å². The molecule has 68 valence electrons. The minimum Gasteiger partial charge on any atom is -0.331 e. The third-order valence-electron chi connectivity index (χ3n) is 2.11. The number of rotatable bonds is 1. The number of halogens is 2. The van der Waals surface area contributed by atoms with Gasteiger partial charge in [0.05, 0.1) is 10.9 Å². The summed E-state index contributed by atoms with van der Waals surface area (Å²) in [5, 5.41) is 1.68. The second-order valence-corrected chi connectivity index (χ2v) is 3.53. The molecule has 0 aromatic carbocycles. The minimum atomic E-state index is 0.475. The van der Waals surface area contributed by atoms with Crippen LogP contribution in [0.2, 0.25) is 5.02 Å². The normalized spacial score (nSPS) is 11.0. The molecule has 0 spiro atoms. The van der Waals surface area contributed by atoms with Gasteiger partial charge in [-0.1, -0.05) is 11.6 Å². The Morgan fingerprint density at radius 3 is 2.92 bits per heavy atom. The average Bonchev–Trinajstić information content (AvgIpc) is 2.45. The molecular weight excluding hydrogens is 207 g/mol. The van der Waals surface area contributed by atoms with Crippen molar-refractivity contribution in [2.45, 2.75) is 5.88 Å². The van der Waals surface area contributed by atoms with E-state index in [2.05, 4.69) is 4.98 Å². The zero-order chi connectivity index (χ0) is 9.42. The number of fused-ring (bicyclic) bond motifs is 1. The fraction of sp³-hybridized carbons (Fsp3) is 0.222. The molecule has 0 bridgehead atoms. The van der Waals surface area contributed by atoms with Crippen molar-refractivity contribution in [1.29, 1.82) is 0 Å². The van der Waals surface area contributed by atoms with Crippen LogP contribution in [0, 0.1) is 0 Å². The molecule has 2 aromatic heterocycles. The number of aromatic nitrogens is 2. The smallest absolute Gasteiger partial charge is 0.141 e. The number of alkyl halides is 1. The van der Waals surface area contributed by atoms with Crippen molar-refractivity contribution < 1.29 is 0 Å². The molecule has 0 radical (unpaired) electrons. The highest BCUT2D eigenvalue weighted by Crippen LogP contribution is 2.24. The first kappa shape index (κ1) is 8.85. The summed E-state index contributed by atoms with van der Waals surface area (Å²) >= 11 is 11.8. The predicted octanol–water partition coefficient (Wildman–Crippen LogP) is 2.97. The number of hydrogen-bond acceptors (Lipinski definition) is 1. The summed E-state index contributed by atoms with van der Waals surface area (Å²) in [4.78, 5) is 4.23. The van der Waals surface area contributed by atoms with Gasteiger partial charge in [-0.25, -0.2) is 4.98 Å². The molecule has 0 saturated heterocycles. The maximum Gasteiger partial charge on any atom is 0.141 e. The summed E-state index contributed by atoms with van der Waals surface area (Å²) in [5.74, 6) is 0.475. The lowest BCUT2D eigenvalue weighted by molar-refractivity contribution is 0.892. The van der Waals surface area contributed by atoms with Gasteiger partial charge in [0.25, 0.3) is 0 Å². The molecule has 2 aromatic rings. The third-order valence-corrected chi connectivity index (χ3v) is 2.72. The quantitative estimate of drug-likeness (QED) is 0.668. The lowest BCUT2D eigenvalue weighted by Crippen LogP contribution is -1.93. The van der Waals surface area contributed by atoms with Crippen molar-refractivity contribution in [3.8, 4) is 0 Å². The highest BCUT2D eigenvalue weighted by Gasteiger charge is 2.07. The van der Waals surface area contributed by atoms with E-state index in [0.717, 1.165) is 21.7 Å². The van der Waals surface area contributed by atoms with Gasteiger partial charge in [0.2, 0.25) is 0 Å². The summed E-state index contributed by atoms with van der Waals surface area (Å²) in [6.45, 7) is 0. The lowest BCUT2D eigenvalue weighted by Gasteiger charge is -1.98. The molecule has 0 unspecified atom stereocenters. The molecule has 4 heteroatoms. The fourth-order valence-electron chi connectivity index (χ4n) is 1.37. The Hall–Kier alpha value is -0.730. The molecule has 2 rings (SSSR count). The van der Waals surface area contributed by atoms with E-state index in [0.29, 0.717) is 5.88 Å². The van der Waals surface area contributed by atoms with E-state index in [9.17, 15) is 0 Å². The Kier molecular flexibility index (Phi) is 2.18. The van der Waals surface area contributed by atoms with Crippen LogP contribution in [0.25, 0.3) is 11.0 Å². The van der Waals surface area contributed by atoms with Crippen molar-refractivity contribution in [2.24, 2.45) is 7.05 Å². The second kappa shape index (κ2) is 3.20. The van der Waals surface area contributed by atoms with Crippen molar-refractivity contribution >= 4 is 34.2 Å². The summed E-state index contributed by atoms with van der Waals surface area (Å²) in [7, 11) is 1.93. The van der Waals surface area contributed by atoms with Crippen LogP contribution in [0.3, 0.4) is 0 Å². The zero-order valence-electron chi connectivity index (χ0n) is 7.09. The van der Waals surface area contributed by atoms with Gasteiger partial charge in [0, 0.05) is 24.3 Å². The van der Waals surface area contributed by atoms with Crippen LogP contribution in [0.4, 0.5) is 0 Å². The van der Waals surface area contributed by atoms with Crippen molar-refractivity contribution in [2.75, 3.05) is 0 Å². The third kappa shape index (κ3) is 1.30. The van der Waals surface area contributed by atoms with Gasteiger partial charge in [-0.05, 0) is 12.1 Å². The van der Waals surface area contributed by atoms with Gasteiger partial charge in [-0.15, -0.1) is 11.6 Å². The van der Waals surface area contributed by atoms with Crippen molar-refractivity contribution in [3.05, 3.63) is 29.0 Å². The lowest BCUT2D eigenvalue weighted by atomic mass is 10.3. The first-order chi connectivity index (χ1) is 6.24. The predicted molar refractivity (Wildman–Crippen MR) is 55.3 cm³/mol. The van der Waals surface area contributed by atoms with E-state index in [1.165, 1.54) is 0 Å². The first-order valence-corrected chi connectivity index (χ1v) is 4.80. The molecule has 13 heavy (non-hydrogen) atoms. The minimum absolute atomic E-state index is 0.475. The Morgan fingerprint density at radius 1 is 1.54 bits per heavy atom. The van der Waals surface area contributed by atoms with E-state index >= 15 is 0 Å². The van der Waals surface area contributed by atoms with Crippen LogP contribution in [0.15, 0.2) is 18.3 Å². The van der Waals surface area contributed by atoms with Crippen LogP contribution < -0.4 is 0 Å². The maximum absolute atomic E-state index is 6.00. The molecule has 0 aliphatic heterocycles. The number of nitrogens with zero attached hydrogens (tertiary/aromatic N) is 2. The van der Waals surface area contributed by atoms with Crippen molar-refractivity contribution in [1.82, 2.24) is 9.55 Å². The Morgan fingerprint density at radius 2 is 2.31 bits per heavy atom. The molecule has 0 aliphatic carbocycles. The maximum atomic E-state index is 6.00. The second-order valence-electron chi connectivity index (χ2n) is 2.86. The van der Waals surface area contributed by atoms with E-state index in [1.807, 2.05) is 17.7 Å². The van der Waals surface area contributed by atoms with Crippen LogP contribution in [0.5, 0.6) is 0 Å². The van der Waals surface area contributed by atoms with Crippen LogP contribution in [-0.2, 0) is 12.9 Å². The highest BCUT2D eigenvalue weighted by atomic mass is 35.5. The highest BCUT2D eigenvalue weighted by molar-refractivity contribution is 6.35. The molecule has 0 aliphatic rings. The Labute approximate surface area is 86.1 Å². The topological polar surface area (TPSA) is 17.8 Å². The van der Waals surface area contributed by atoms with Crippen LogP contribution in [-0.4, -0.2) is 9.55 Å². The molecule has 0 fully saturated rings. The van der Waals surface area contributed by atoms with Gasteiger partial charge in [0.1, 0.15) is 5.65 Å². The largest absolute Gasteiger partial charge is 0.331 e. The molecule has 2 heterocycles. The fourth-order valence-corrected chi connectivity index (χ4v) is 1.82. The van der Waals surface area contributed by atoms with E-state index < -0.39 is 0 Å². The van der Waals surface area contributed by atoms with E-state index in [1.54, 1.807) is 12.3 Å². The molecule has 0 saturated carbocycles. The summed E-state index contributed by atoms with van der Waals surface area (Å²) < 4.78 is 1.95. The Bertz CT molecular complexity index is 448.